The highest BCUT2D eigenvalue weighted by Gasteiger charge is 2.36. The molecular formula is C16H24FNO. The number of hydrogen-bond acceptors (Lipinski definition) is 2. The largest absolute Gasteiger partial charge is 0.374 e. The van der Waals surface area contributed by atoms with E-state index in [9.17, 15) is 4.39 Å². The maximum atomic E-state index is 13.3. The average Bonchev–Trinajstić information content (AvgIpc) is 2.39. The van der Waals surface area contributed by atoms with E-state index in [1.165, 1.54) is 12.5 Å². The van der Waals surface area contributed by atoms with E-state index in [4.69, 9.17) is 4.74 Å². The van der Waals surface area contributed by atoms with Crippen molar-refractivity contribution in [3.8, 4) is 0 Å². The van der Waals surface area contributed by atoms with E-state index in [0.717, 1.165) is 38.0 Å². The molecule has 1 heterocycles. The zero-order chi connectivity index (χ0) is 13.7. The third kappa shape index (κ3) is 3.77. The Morgan fingerprint density at radius 2 is 2.26 bits per heavy atom. The topological polar surface area (TPSA) is 21.3 Å². The summed E-state index contributed by atoms with van der Waals surface area (Å²) in [6.07, 6.45) is 4.23. The van der Waals surface area contributed by atoms with Gasteiger partial charge < -0.3 is 10.1 Å². The molecule has 0 spiro atoms. The fourth-order valence-corrected chi connectivity index (χ4v) is 2.88. The Balaban J connectivity index is 2.11. The second-order valence-electron chi connectivity index (χ2n) is 5.56. The third-order valence-electron chi connectivity index (χ3n) is 4.02. The minimum absolute atomic E-state index is 0.138. The first-order chi connectivity index (χ1) is 9.14. The number of halogens is 1. The van der Waals surface area contributed by atoms with E-state index in [2.05, 4.69) is 19.2 Å². The predicted molar refractivity (Wildman–Crippen MR) is 75.8 cm³/mol. The quantitative estimate of drug-likeness (QED) is 0.882. The zero-order valence-electron chi connectivity index (χ0n) is 11.9. The van der Waals surface area contributed by atoms with Crippen molar-refractivity contribution >= 4 is 0 Å². The molecule has 2 atom stereocenters. The molecule has 2 unspecified atom stereocenters. The monoisotopic (exact) mass is 265 g/mol. The summed E-state index contributed by atoms with van der Waals surface area (Å²) in [5, 5.41) is 3.51. The van der Waals surface area contributed by atoms with Crippen molar-refractivity contribution < 1.29 is 9.13 Å². The Hall–Kier alpha value is -0.930. The van der Waals surface area contributed by atoms with Crippen molar-refractivity contribution in [2.75, 3.05) is 13.2 Å². The van der Waals surface area contributed by atoms with E-state index >= 15 is 0 Å². The van der Waals surface area contributed by atoms with Crippen LogP contribution in [-0.2, 0) is 11.2 Å². The molecule has 0 saturated carbocycles. The number of likely N-dealkylation sites (N-methyl/N-ethyl adjacent to an activating group) is 1. The second kappa shape index (κ2) is 6.49. The molecule has 0 bridgehead atoms. The van der Waals surface area contributed by atoms with Gasteiger partial charge in [-0.25, -0.2) is 4.39 Å². The lowest BCUT2D eigenvalue weighted by molar-refractivity contribution is -0.0881. The smallest absolute Gasteiger partial charge is 0.123 e. The third-order valence-corrected chi connectivity index (χ3v) is 4.02. The average molecular weight is 265 g/mol. The Labute approximate surface area is 115 Å². The zero-order valence-corrected chi connectivity index (χ0v) is 11.9. The Kier molecular flexibility index (Phi) is 4.94. The Bertz CT molecular complexity index is 401. The fraction of sp³-hybridized carbons (Fsp3) is 0.625. The summed E-state index contributed by atoms with van der Waals surface area (Å²) in [6, 6.07) is 7.11. The summed E-state index contributed by atoms with van der Waals surface area (Å²) in [4.78, 5) is 0. The van der Waals surface area contributed by atoms with Gasteiger partial charge in [-0.3, -0.25) is 0 Å². The van der Waals surface area contributed by atoms with Crippen LogP contribution in [0.1, 0.15) is 38.7 Å². The minimum atomic E-state index is -0.164. The maximum absolute atomic E-state index is 13.3. The predicted octanol–water partition coefficient (Wildman–Crippen LogP) is 3.31. The first-order valence-corrected chi connectivity index (χ1v) is 7.26. The van der Waals surface area contributed by atoms with E-state index in [1.54, 1.807) is 12.1 Å². The molecule has 19 heavy (non-hydrogen) atoms. The molecule has 3 heteroatoms. The number of nitrogens with one attached hydrogen (secondary N) is 1. The Morgan fingerprint density at radius 1 is 1.42 bits per heavy atom. The molecule has 1 aliphatic rings. The van der Waals surface area contributed by atoms with Crippen LogP contribution in [0.15, 0.2) is 24.3 Å². The van der Waals surface area contributed by atoms with Gasteiger partial charge in [0.25, 0.3) is 0 Å². The molecule has 0 amide bonds. The molecule has 0 aliphatic carbocycles. The van der Waals surface area contributed by atoms with Crippen LogP contribution in [0.3, 0.4) is 0 Å². The molecule has 1 aromatic rings. The van der Waals surface area contributed by atoms with Gasteiger partial charge in [0.2, 0.25) is 0 Å². The van der Waals surface area contributed by atoms with Crippen LogP contribution in [0, 0.1) is 5.82 Å². The van der Waals surface area contributed by atoms with Crippen LogP contribution in [0.25, 0.3) is 0 Å². The van der Waals surface area contributed by atoms with Crippen molar-refractivity contribution in [3.63, 3.8) is 0 Å². The molecule has 2 rings (SSSR count). The van der Waals surface area contributed by atoms with Crippen molar-refractivity contribution in [3.05, 3.63) is 35.6 Å². The highest BCUT2D eigenvalue weighted by atomic mass is 19.1. The van der Waals surface area contributed by atoms with Crippen LogP contribution in [0.4, 0.5) is 4.39 Å². The molecule has 1 aromatic carbocycles. The second-order valence-corrected chi connectivity index (χ2v) is 5.56. The van der Waals surface area contributed by atoms with Crippen LogP contribution >= 0.6 is 0 Å². The molecular weight excluding hydrogens is 241 g/mol. The van der Waals surface area contributed by atoms with Gasteiger partial charge in [-0.05, 0) is 56.8 Å². The number of benzene rings is 1. The maximum Gasteiger partial charge on any atom is 0.123 e. The van der Waals surface area contributed by atoms with Gasteiger partial charge >= 0.3 is 0 Å². The molecule has 1 aliphatic heterocycles. The van der Waals surface area contributed by atoms with Gasteiger partial charge in [-0.15, -0.1) is 0 Å². The van der Waals surface area contributed by atoms with E-state index in [1.807, 2.05) is 6.07 Å². The molecule has 2 nitrogen and oxygen atoms in total. The highest BCUT2D eigenvalue weighted by molar-refractivity contribution is 5.18. The van der Waals surface area contributed by atoms with Crippen molar-refractivity contribution in [1.82, 2.24) is 5.32 Å². The SMILES string of the molecule is CCNC(Cc1cccc(F)c1)C1(C)CCCCO1. The van der Waals surface area contributed by atoms with Gasteiger partial charge in [0, 0.05) is 12.6 Å². The summed E-state index contributed by atoms with van der Waals surface area (Å²) in [6.45, 7) is 6.02. The van der Waals surface area contributed by atoms with Crippen molar-refractivity contribution in [2.24, 2.45) is 0 Å². The molecule has 1 saturated heterocycles. The van der Waals surface area contributed by atoms with E-state index < -0.39 is 0 Å². The first-order valence-electron chi connectivity index (χ1n) is 7.26. The lowest BCUT2D eigenvalue weighted by Gasteiger charge is -2.41. The van der Waals surface area contributed by atoms with Gasteiger partial charge in [-0.1, -0.05) is 19.1 Å². The molecule has 106 valence electrons. The summed E-state index contributed by atoms with van der Waals surface area (Å²) in [5.41, 5.74) is 0.891. The first kappa shape index (κ1) is 14.5. The van der Waals surface area contributed by atoms with Crippen molar-refractivity contribution in [2.45, 2.75) is 51.2 Å². The summed E-state index contributed by atoms with van der Waals surface area (Å²) >= 11 is 0. The number of hydrogen-bond donors (Lipinski definition) is 1. The summed E-state index contributed by atoms with van der Waals surface area (Å²) < 4.78 is 19.3. The van der Waals surface area contributed by atoms with E-state index in [-0.39, 0.29) is 17.5 Å². The van der Waals surface area contributed by atoms with Crippen LogP contribution in [-0.4, -0.2) is 24.8 Å². The lowest BCUT2D eigenvalue weighted by Crippen LogP contribution is -2.53. The summed E-state index contributed by atoms with van der Waals surface area (Å²) in [5.74, 6) is -0.164. The fourth-order valence-electron chi connectivity index (χ4n) is 2.88. The lowest BCUT2D eigenvalue weighted by atomic mass is 9.84. The normalized spacial score (nSPS) is 25.2. The molecule has 0 aromatic heterocycles. The minimum Gasteiger partial charge on any atom is -0.374 e. The van der Waals surface area contributed by atoms with Gasteiger partial charge in [-0.2, -0.15) is 0 Å². The van der Waals surface area contributed by atoms with Gasteiger partial charge in [0.1, 0.15) is 5.82 Å². The van der Waals surface area contributed by atoms with Gasteiger partial charge in [0.15, 0.2) is 0 Å². The standard InChI is InChI=1S/C16H24FNO/c1-3-18-15(16(2)9-4-5-10-19-16)12-13-7-6-8-14(17)11-13/h6-8,11,15,18H,3-5,9-10,12H2,1-2H3. The summed E-state index contributed by atoms with van der Waals surface area (Å²) in [7, 11) is 0. The van der Waals surface area contributed by atoms with Crippen molar-refractivity contribution in [1.29, 1.82) is 0 Å². The molecule has 0 radical (unpaired) electrons. The number of rotatable bonds is 5. The van der Waals surface area contributed by atoms with Crippen LogP contribution in [0.5, 0.6) is 0 Å². The Morgan fingerprint density at radius 3 is 2.89 bits per heavy atom. The van der Waals surface area contributed by atoms with Crippen LogP contribution in [0.2, 0.25) is 0 Å². The van der Waals surface area contributed by atoms with Gasteiger partial charge in [0.05, 0.1) is 5.60 Å². The molecule has 1 fully saturated rings. The molecule has 1 N–H and O–H groups in total. The van der Waals surface area contributed by atoms with Crippen LogP contribution < -0.4 is 5.32 Å². The highest BCUT2D eigenvalue weighted by Crippen LogP contribution is 2.29. The number of ether oxygens (including phenoxy) is 1. The van der Waals surface area contributed by atoms with E-state index in [0.29, 0.717) is 0 Å².